The van der Waals surface area contributed by atoms with E-state index in [4.69, 9.17) is 21.4 Å². The van der Waals surface area contributed by atoms with Crippen LogP contribution in [0.15, 0.2) is 12.1 Å². The first-order valence-corrected chi connectivity index (χ1v) is 5.72. The van der Waals surface area contributed by atoms with Crippen LogP contribution in [0.1, 0.15) is 31.4 Å². The fourth-order valence-corrected chi connectivity index (χ4v) is 2.43. The van der Waals surface area contributed by atoms with Crippen LogP contribution >= 0.6 is 11.6 Å². The van der Waals surface area contributed by atoms with Gasteiger partial charge in [-0.2, -0.15) is 0 Å². The van der Waals surface area contributed by atoms with Gasteiger partial charge < -0.3 is 9.84 Å². The molecule has 0 amide bonds. The van der Waals surface area contributed by atoms with Crippen molar-refractivity contribution in [2.75, 3.05) is 7.11 Å². The normalized spacial score (nSPS) is 11.4. The van der Waals surface area contributed by atoms with E-state index in [0.717, 1.165) is 11.1 Å². The summed E-state index contributed by atoms with van der Waals surface area (Å²) >= 11 is 6.18. The molecule has 1 aromatic rings. The number of hydrogen-bond donors (Lipinski definition) is 1. The molecule has 0 bridgehead atoms. The van der Waals surface area contributed by atoms with Gasteiger partial charge in [0, 0.05) is 16.0 Å². The Kier molecular flexibility index (Phi) is 4.04. The SMILES string of the molecule is COc1c(C)ccc(Cl)c1C(C)(C)CC(=O)O. The van der Waals surface area contributed by atoms with E-state index in [1.807, 2.05) is 26.8 Å². The van der Waals surface area contributed by atoms with E-state index in [0.29, 0.717) is 10.8 Å². The largest absolute Gasteiger partial charge is 0.496 e. The zero-order chi connectivity index (χ0) is 13.2. The molecule has 1 N–H and O–H groups in total. The van der Waals surface area contributed by atoms with Crippen molar-refractivity contribution >= 4 is 17.6 Å². The molecule has 17 heavy (non-hydrogen) atoms. The molecule has 0 heterocycles. The number of aliphatic carboxylic acids is 1. The highest BCUT2D eigenvalue weighted by molar-refractivity contribution is 6.31. The molecule has 0 spiro atoms. The highest BCUT2D eigenvalue weighted by Gasteiger charge is 2.30. The van der Waals surface area contributed by atoms with Crippen molar-refractivity contribution in [1.29, 1.82) is 0 Å². The molecule has 0 saturated heterocycles. The van der Waals surface area contributed by atoms with Crippen LogP contribution in [0.25, 0.3) is 0 Å². The van der Waals surface area contributed by atoms with Gasteiger partial charge >= 0.3 is 5.97 Å². The van der Waals surface area contributed by atoms with Crippen molar-refractivity contribution in [2.24, 2.45) is 0 Å². The minimum Gasteiger partial charge on any atom is -0.496 e. The summed E-state index contributed by atoms with van der Waals surface area (Å²) in [6.45, 7) is 5.62. The average molecular weight is 257 g/mol. The number of aryl methyl sites for hydroxylation is 1. The summed E-state index contributed by atoms with van der Waals surface area (Å²) in [6.07, 6.45) is 0.00648. The topological polar surface area (TPSA) is 46.5 Å². The fourth-order valence-electron chi connectivity index (χ4n) is 2.02. The van der Waals surface area contributed by atoms with Crippen LogP contribution in [-0.2, 0) is 10.2 Å². The van der Waals surface area contributed by atoms with E-state index >= 15 is 0 Å². The third-order valence-electron chi connectivity index (χ3n) is 2.78. The molecule has 1 rings (SSSR count). The number of halogens is 1. The summed E-state index contributed by atoms with van der Waals surface area (Å²) < 4.78 is 5.35. The van der Waals surface area contributed by atoms with E-state index in [1.165, 1.54) is 0 Å². The molecule has 0 aromatic heterocycles. The van der Waals surface area contributed by atoms with Gasteiger partial charge in [-0.15, -0.1) is 0 Å². The Balaban J connectivity index is 3.38. The van der Waals surface area contributed by atoms with Gasteiger partial charge in [-0.1, -0.05) is 31.5 Å². The second kappa shape index (κ2) is 4.96. The third-order valence-corrected chi connectivity index (χ3v) is 3.09. The van der Waals surface area contributed by atoms with Crippen molar-refractivity contribution in [2.45, 2.75) is 32.6 Å². The molecule has 94 valence electrons. The van der Waals surface area contributed by atoms with Crippen molar-refractivity contribution in [3.05, 3.63) is 28.3 Å². The maximum absolute atomic E-state index is 10.9. The highest BCUT2D eigenvalue weighted by atomic mass is 35.5. The van der Waals surface area contributed by atoms with Crippen LogP contribution < -0.4 is 4.74 Å². The van der Waals surface area contributed by atoms with Crippen LogP contribution in [0.5, 0.6) is 5.75 Å². The molecule has 0 unspecified atom stereocenters. The Hall–Kier alpha value is -1.22. The molecule has 0 saturated carbocycles. The summed E-state index contributed by atoms with van der Waals surface area (Å²) in [4.78, 5) is 10.9. The second-order valence-electron chi connectivity index (χ2n) is 4.73. The average Bonchev–Trinajstić information content (AvgIpc) is 2.18. The quantitative estimate of drug-likeness (QED) is 0.898. The van der Waals surface area contributed by atoms with E-state index in [-0.39, 0.29) is 6.42 Å². The predicted octanol–water partition coefficient (Wildman–Crippen LogP) is 3.41. The molecule has 0 atom stereocenters. The number of carbonyl (C=O) groups is 1. The van der Waals surface area contributed by atoms with E-state index in [1.54, 1.807) is 13.2 Å². The molecular weight excluding hydrogens is 240 g/mol. The molecule has 0 aliphatic rings. The lowest BCUT2D eigenvalue weighted by Gasteiger charge is -2.27. The van der Waals surface area contributed by atoms with Gasteiger partial charge in [-0.05, 0) is 18.6 Å². The monoisotopic (exact) mass is 256 g/mol. The highest BCUT2D eigenvalue weighted by Crippen LogP contribution is 2.41. The molecule has 4 heteroatoms. The van der Waals surface area contributed by atoms with Gasteiger partial charge in [0.2, 0.25) is 0 Å². The predicted molar refractivity (Wildman–Crippen MR) is 68.0 cm³/mol. The third kappa shape index (κ3) is 2.91. The van der Waals surface area contributed by atoms with Crippen molar-refractivity contribution in [3.63, 3.8) is 0 Å². The van der Waals surface area contributed by atoms with Gasteiger partial charge in [0.25, 0.3) is 0 Å². The first-order valence-electron chi connectivity index (χ1n) is 5.35. The van der Waals surface area contributed by atoms with E-state index in [2.05, 4.69) is 0 Å². The zero-order valence-corrected chi connectivity index (χ0v) is 11.3. The van der Waals surface area contributed by atoms with Crippen LogP contribution in [0.3, 0.4) is 0 Å². The second-order valence-corrected chi connectivity index (χ2v) is 5.13. The van der Waals surface area contributed by atoms with E-state index < -0.39 is 11.4 Å². The molecular formula is C13H17ClO3. The summed E-state index contributed by atoms with van der Waals surface area (Å²) in [6, 6.07) is 3.64. The molecule has 0 fully saturated rings. The van der Waals surface area contributed by atoms with Crippen LogP contribution in [0.4, 0.5) is 0 Å². The van der Waals surface area contributed by atoms with Crippen molar-refractivity contribution in [1.82, 2.24) is 0 Å². The first-order chi connectivity index (χ1) is 7.79. The fraction of sp³-hybridized carbons (Fsp3) is 0.462. The summed E-state index contributed by atoms with van der Waals surface area (Å²) in [5, 5.41) is 9.49. The Morgan fingerprint density at radius 2 is 2.06 bits per heavy atom. The van der Waals surface area contributed by atoms with Gasteiger partial charge in [0.15, 0.2) is 0 Å². The minimum atomic E-state index is -0.852. The maximum atomic E-state index is 10.9. The van der Waals surface area contributed by atoms with Gasteiger partial charge in [-0.25, -0.2) is 0 Å². The lowest BCUT2D eigenvalue weighted by Crippen LogP contribution is -2.23. The summed E-state index contributed by atoms with van der Waals surface area (Å²) in [5.74, 6) is -0.182. The van der Waals surface area contributed by atoms with Gasteiger partial charge in [0.1, 0.15) is 5.75 Å². The number of methoxy groups -OCH3 is 1. The van der Waals surface area contributed by atoms with Crippen LogP contribution in [-0.4, -0.2) is 18.2 Å². The summed E-state index contributed by atoms with van der Waals surface area (Å²) in [5.41, 5.74) is 1.13. The Morgan fingerprint density at radius 3 is 2.53 bits per heavy atom. The van der Waals surface area contributed by atoms with Crippen LogP contribution in [0.2, 0.25) is 5.02 Å². The van der Waals surface area contributed by atoms with Crippen molar-refractivity contribution < 1.29 is 14.6 Å². The minimum absolute atomic E-state index is 0.00648. The number of carboxylic acids is 1. The number of rotatable bonds is 4. The number of hydrogen-bond acceptors (Lipinski definition) is 2. The van der Waals surface area contributed by atoms with Gasteiger partial charge in [0.05, 0.1) is 13.5 Å². The standard InChI is InChI=1S/C13H17ClO3/c1-8-5-6-9(14)11(12(8)17-4)13(2,3)7-10(15)16/h5-6H,7H2,1-4H3,(H,15,16). The molecule has 0 radical (unpaired) electrons. The molecule has 1 aromatic carbocycles. The van der Waals surface area contributed by atoms with E-state index in [9.17, 15) is 4.79 Å². The first kappa shape index (κ1) is 13.8. The smallest absolute Gasteiger partial charge is 0.304 e. The molecule has 0 aliphatic carbocycles. The Morgan fingerprint density at radius 1 is 1.47 bits per heavy atom. The lowest BCUT2D eigenvalue weighted by atomic mass is 9.80. The number of benzene rings is 1. The molecule has 0 aliphatic heterocycles. The van der Waals surface area contributed by atoms with Crippen molar-refractivity contribution in [3.8, 4) is 5.75 Å². The summed E-state index contributed by atoms with van der Waals surface area (Å²) in [7, 11) is 1.57. The molecule has 3 nitrogen and oxygen atoms in total. The number of carboxylic acid groups (broad SMARTS) is 1. The lowest BCUT2D eigenvalue weighted by molar-refractivity contribution is -0.138. The Bertz CT molecular complexity index is 439. The van der Waals surface area contributed by atoms with Gasteiger partial charge in [-0.3, -0.25) is 4.79 Å². The van der Waals surface area contributed by atoms with Crippen LogP contribution in [0, 0.1) is 6.92 Å². The number of ether oxygens (including phenoxy) is 1. The Labute approximate surface area is 106 Å². The maximum Gasteiger partial charge on any atom is 0.304 e. The zero-order valence-electron chi connectivity index (χ0n) is 10.5.